The molecule has 0 unspecified atom stereocenters. The van der Waals surface area contributed by atoms with Crippen molar-refractivity contribution in [3.63, 3.8) is 0 Å². The third-order valence-electron chi connectivity index (χ3n) is 4.61. The number of fused-ring (bicyclic) bond motifs is 1. The number of aromatic nitrogens is 2. The third-order valence-corrected chi connectivity index (χ3v) is 4.61. The molecule has 0 atom stereocenters. The molecule has 2 aromatic heterocycles. The van der Waals surface area contributed by atoms with E-state index in [0.717, 1.165) is 53.6 Å². The van der Waals surface area contributed by atoms with Gasteiger partial charge in [0, 0.05) is 29.5 Å². The fourth-order valence-corrected chi connectivity index (χ4v) is 3.25. The number of pyridine rings is 2. The predicted molar refractivity (Wildman–Crippen MR) is 98.0 cm³/mol. The number of methoxy groups -OCH3 is 1. The Kier molecular flexibility index (Phi) is 4.48. The van der Waals surface area contributed by atoms with E-state index in [1.165, 1.54) is 0 Å². The monoisotopic (exact) mass is 335 g/mol. The summed E-state index contributed by atoms with van der Waals surface area (Å²) >= 11 is 0. The van der Waals surface area contributed by atoms with Gasteiger partial charge in [-0.05, 0) is 67.2 Å². The standard InChI is InChI=1S/C20H21N3O2/c1-24-16-2-3-17-18(12-16)20(25-15-6-10-22-11-7-15)23-13-19(17)14-4-8-21-9-5-14/h2-5,8-9,12-13,15,22H,6-7,10-11H2,1H3. The van der Waals surface area contributed by atoms with Gasteiger partial charge in [-0.1, -0.05) is 0 Å². The SMILES string of the molecule is COc1ccc2c(-c3ccncc3)cnc(OC3CCNCC3)c2c1. The van der Waals surface area contributed by atoms with Crippen molar-refractivity contribution in [3.05, 3.63) is 48.9 Å². The molecule has 25 heavy (non-hydrogen) atoms. The molecule has 3 aromatic rings. The van der Waals surface area contributed by atoms with Gasteiger partial charge < -0.3 is 14.8 Å². The number of ether oxygens (including phenoxy) is 2. The Morgan fingerprint density at radius 2 is 1.84 bits per heavy atom. The average molecular weight is 335 g/mol. The van der Waals surface area contributed by atoms with Crippen LogP contribution in [0, 0.1) is 0 Å². The zero-order valence-electron chi connectivity index (χ0n) is 14.2. The maximum atomic E-state index is 6.24. The van der Waals surface area contributed by atoms with Gasteiger partial charge in [-0.15, -0.1) is 0 Å². The van der Waals surface area contributed by atoms with Crippen LogP contribution >= 0.6 is 0 Å². The molecule has 0 amide bonds. The van der Waals surface area contributed by atoms with E-state index < -0.39 is 0 Å². The zero-order chi connectivity index (χ0) is 17.1. The maximum absolute atomic E-state index is 6.24. The second kappa shape index (κ2) is 7.07. The summed E-state index contributed by atoms with van der Waals surface area (Å²) in [6.45, 7) is 1.97. The van der Waals surface area contributed by atoms with Gasteiger partial charge >= 0.3 is 0 Å². The first-order chi connectivity index (χ1) is 12.3. The topological polar surface area (TPSA) is 56.3 Å². The summed E-state index contributed by atoms with van der Waals surface area (Å²) in [5.41, 5.74) is 2.16. The largest absolute Gasteiger partial charge is 0.497 e. The van der Waals surface area contributed by atoms with Crippen LogP contribution in [0.3, 0.4) is 0 Å². The van der Waals surface area contributed by atoms with Crippen molar-refractivity contribution in [2.24, 2.45) is 0 Å². The molecule has 1 fully saturated rings. The number of nitrogens with zero attached hydrogens (tertiary/aromatic N) is 2. The molecule has 1 aliphatic rings. The van der Waals surface area contributed by atoms with E-state index in [2.05, 4.69) is 21.4 Å². The lowest BCUT2D eigenvalue weighted by molar-refractivity contribution is 0.158. The van der Waals surface area contributed by atoms with Crippen molar-refractivity contribution in [2.45, 2.75) is 18.9 Å². The van der Waals surface area contributed by atoms with E-state index in [1.807, 2.05) is 30.5 Å². The molecule has 0 radical (unpaired) electrons. The lowest BCUT2D eigenvalue weighted by atomic mass is 10.0. The minimum absolute atomic E-state index is 0.204. The Morgan fingerprint density at radius 1 is 1.04 bits per heavy atom. The molecule has 0 bridgehead atoms. The van der Waals surface area contributed by atoms with Crippen LogP contribution in [-0.4, -0.2) is 36.3 Å². The molecule has 5 heteroatoms. The highest BCUT2D eigenvalue weighted by atomic mass is 16.5. The molecule has 0 aliphatic carbocycles. The van der Waals surface area contributed by atoms with Crippen molar-refractivity contribution >= 4 is 10.8 Å². The molecular formula is C20H21N3O2. The van der Waals surface area contributed by atoms with E-state index in [1.54, 1.807) is 19.5 Å². The Balaban J connectivity index is 1.80. The molecule has 3 heterocycles. The Labute approximate surface area is 147 Å². The summed E-state index contributed by atoms with van der Waals surface area (Å²) in [4.78, 5) is 8.74. The van der Waals surface area contributed by atoms with Crippen LogP contribution in [0.15, 0.2) is 48.9 Å². The normalized spacial score (nSPS) is 15.2. The fourth-order valence-electron chi connectivity index (χ4n) is 3.25. The molecule has 5 nitrogen and oxygen atoms in total. The maximum Gasteiger partial charge on any atom is 0.221 e. The highest BCUT2D eigenvalue weighted by Gasteiger charge is 2.18. The molecule has 1 N–H and O–H groups in total. The molecule has 0 saturated carbocycles. The highest BCUT2D eigenvalue weighted by molar-refractivity contribution is 5.99. The fraction of sp³-hybridized carbons (Fsp3) is 0.300. The summed E-state index contributed by atoms with van der Waals surface area (Å²) < 4.78 is 11.6. The Bertz CT molecular complexity index is 861. The van der Waals surface area contributed by atoms with Crippen LogP contribution in [0.4, 0.5) is 0 Å². The van der Waals surface area contributed by atoms with Crippen molar-refractivity contribution in [1.82, 2.24) is 15.3 Å². The van der Waals surface area contributed by atoms with Crippen LogP contribution in [-0.2, 0) is 0 Å². The Morgan fingerprint density at radius 3 is 2.60 bits per heavy atom. The second-order valence-corrected chi connectivity index (χ2v) is 6.19. The third kappa shape index (κ3) is 3.28. The average Bonchev–Trinajstić information content (AvgIpc) is 2.69. The van der Waals surface area contributed by atoms with Gasteiger partial charge in [-0.25, -0.2) is 4.98 Å². The number of benzene rings is 1. The number of piperidine rings is 1. The minimum atomic E-state index is 0.204. The minimum Gasteiger partial charge on any atom is -0.497 e. The van der Waals surface area contributed by atoms with Crippen molar-refractivity contribution < 1.29 is 9.47 Å². The summed E-state index contributed by atoms with van der Waals surface area (Å²) in [5.74, 6) is 1.48. The van der Waals surface area contributed by atoms with Crippen molar-refractivity contribution in [1.29, 1.82) is 0 Å². The lowest BCUT2D eigenvalue weighted by Gasteiger charge is -2.24. The van der Waals surface area contributed by atoms with Gasteiger partial charge in [0.25, 0.3) is 0 Å². The first-order valence-electron chi connectivity index (χ1n) is 8.59. The number of rotatable bonds is 4. The van der Waals surface area contributed by atoms with Gasteiger partial charge in [0.15, 0.2) is 0 Å². The van der Waals surface area contributed by atoms with E-state index >= 15 is 0 Å². The summed E-state index contributed by atoms with van der Waals surface area (Å²) in [6, 6.07) is 10.0. The van der Waals surface area contributed by atoms with Crippen LogP contribution in [0.25, 0.3) is 21.9 Å². The van der Waals surface area contributed by atoms with Gasteiger partial charge in [-0.2, -0.15) is 0 Å². The highest BCUT2D eigenvalue weighted by Crippen LogP contribution is 2.35. The number of hydrogen-bond donors (Lipinski definition) is 1. The first kappa shape index (κ1) is 15.8. The predicted octanol–water partition coefficient (Wildman–Crippen LogP) is 3.44. The van der Waals surface area contributed by atoms with E-state index in [4.69, 9.17) is 9.47 Å². The van der Waals surface area contributed by atoms with E-state index in [0.29, 0.717) is 5.88 Å². The van der Waals surface area contributed by atoms with Crippen LogP contribution in [0.2, 0.25) is 0 Å². The molecule has 0 spiro atoms. The zero-order valence-corrected chi connectivity index (χ0v) is 14.2. The van der Waals surface area contributed by atoms with Gasteiger partial charge in [0.1, 0.15) is 11.9 Å². The van der Waals surface area contributed by atoms with E-state index in [-0.39, 0.29) is 6.10 Å². The second-order valence-electron chi connectivity index (χ2n) is 6.19. The van der Waals surface area contributed by atoms with Gasteiger partial charge in [0.05, 0.1) is 7.11 Å². The first-order valence-corrected chi connectivity index (χ1v) is 8.59. The summed E-state index contributed by atoms with van der Waals surface area (Å²) in [6.07, 6.45) is 7.68. The molecular weight excluding hydrogens is 314 g/mol. The van der Waals surface area contributed by atoms with E-state index in [9.17, 15) is 0 Å². The number of hydrogen-bond acceptors (Lipinski definition) is 5. The molecule has 1 aliphatic heterocycles. The van der Waals surface area contributed by atoms with Crippen molar-refractivity contribution in [3.8, 4) is 22.8 Å². The number of nitrogens with one attached hydrogen (secondary N) is 1. The molecule has 1 saturated heterocycles. The van der Waals surface area contributed by atoms with Gasteiger partial charge in [-0.3, -0.25) is 4.98 Å². The smallest absolute Gasteiger partial charge is 0.221 e. The molecule has 4 rings (SSSR count). The summed E-state index contributed by atoms with van der Waals surface area (Å²) in [7, 11) is 1.68. The van der Waals surface area contributed by atoms with Crippen molar-refractivity contribution in [2.75, 3.05) is 20.2 Å². The van der Waals surface area contributed by atoms with Crippen LogP contribution in [0.1, 0.15) is 12.8 Å². The molecule has 1 aromatic carbocycles. The summed E-state index contributed by atoms with van der Waals surface area (Å²) in [5, 5.41) is 5.44. The molecule has 128 valence electrons. The quantitative estimate of drug-likeness (QED) is 0.791. The van der Waals surface area contributed by atoms with Crippen LogP contribution in [0.5, 0.6) is 11.6 Å². The van der Waals surface area contributed by atoms with Crippen LogP contribution < -0.4 is 14.8 Å². The Hall–Kier alpha value is -2.66. The lowest BCUT2D eigenvalue weighted by Crippen LogP contribution is -2.34. The van der Waals surface area contributed by atoms with Gasteiger partial charge in [0.2, 0.25) is 5.88 Å².